The molecular weight excluding hydrogens is 431 g/mol. The van der Waals surface area contributed by atoms with Crippen LogP contribution in [-0.4, -0.2) is 73.5 Å². The third-order valence-corrected chi connectivity index (χ3v) is 6.14. The lowest BCUT2D eigenvalue weighted by Gasteiger charge is -2.48. The maximum Gasteiger partial charge on any atom is 0.191 e. The zero-order chi connectivity index (χ0) is 16.9. The van der Waals surface area contributed by atoms with Crippen LogP contribution in [0.25, 0.3) is 0 Å². The van der Waals surface area contributed by atoms with Gasteiger partial charge in [0.15, 0.2) is 5.96 Å². The lowest BCUT2D eigenvalue weighted by atomic mass is 9.79. The number of rotatable bonds is 5. The molecule has 3 rings (SSSR count). The fraction of sp³-hybridized carbons (Fsp3) is 0.944. The summed E-state index contributed by atoms with van der Waals surface area (Å²) in [6.45, 7) is 5.28. The highest BCUT2D eigenvalue weighted by atomic mass is 127. The maximum absolute atomic E-state index is 10.3. The van der Waals surface area contributed by atoms with Crippen molar-refractivity contribution in [2.75, 3.05) is 46.4 Å². The molecule has 3 N–H and O–H groups in total. The van der Waals surface area contributed by atoms with E-state index < -0.39 is 5.60 Å². The largest absolute Gasteiger partial charge is 0.388 e. The minimum atomic E-state index is -0.523. The van der Waals surface area contributed by atoms with E-state index in [4.69, 9.17) is 4.74 Å². The first-order chi connectivity index (χ1) is 11.7. The van der Waals surface area contributed by atoms with Gasteiger partial charge in [0.1, 0.15) is 0 Å². The van der Waals surface area contributed by atoms with Gasteiger partial charge in [-0.1, -0.05) is 19.3 Å². The summed E-state index contributed by atoms with van der Waals surface area (Å²) in [5, 5.41) is 17.1. The summed E-state index contributed by atoms with van der Waals surface area (Å²) in [5.41, 5.74) is -0.294. The summed E-state index contributed by atoms with van der Waals surface area (Å²) < 4.78 is 5.55. The van der Waals surface area contributed by atoms with Crippen molar-refractivity contribution in [1.82, 2.24) is 15.5 Å². The molecule has 1 aliphatic heterocycles. The van der Waals surface area contributed by atoms with E-state index in [1.807, 2.05) is 7.05 Å². The molecule has 0 radical (unpaired) electrons. The van der Waals surface area contributed by atoms with E-state index in [0.717, 1.165) is 58.1 Å². The molecule has 1 saturated heterocycles. The summed E-state index contributed by atoms with van der Waals surface area (Å²) in [6.07, 6.45) is 9.40. The number of hydrogen-bond acceptors (Lipinski definition) is 4. The molecule has 2 aliphatic carbocycles. The highest BCUT2D eigenvalue weighted by molar-refractivity contribution is 14.0. The number of aliphatic hydroxyl groups is 1. The third kappa shape index (κ3) is 5.43. The smallest absolute Gasteiger partial charge is 0.191 e. The van der Waals surface area contributed by atoms with Gasteiger partial charge in [-0.25, -0.2) is 0 Å². The van der Waals surface area contributed by atoms with Crippen LogP contribution in [0, 0.1) is 0 Å². The second-order valence-electron chi connectivity index (χ2n) is 7.74. The van der Waals surface area contributed by atoms with Gasteiger partial charge in [-0.15, -0.1) is 24.0 Å². The Kier molecular flexibility index (Phi) is 8.23. The van der Waals surface area contributed by atoms with Crippen LogP contribution in [0.5, 0.6) is 0 Å². The van der Waals surface area contributed by atoms with Crippen LogP contribution in [-0.2, 0) is 4.74 Å². The molecular formula is C18H35IN4O2. The Morgan fingerprint density at radius 1 is 1.00 bits per heavy atom. The van der Waals surface area contributed by atoms with Crippen LogP contribution in [0.4, 0.5) is 0 Å². The standard InChI is InChI=1S/C18H34N4O2.HI/c1-19-16(21-15-18(23)8-5-9-18)20-14-17(6-3-2-4-7-17)22-10-12-24-13-11-22;/h23H,2-15H2,1H3,(H2,19,20,21);1H. The average molecular weight is 466 g/mol. The van der Waals surface area contributed by atoms with Crippen LogP contribution in [0.15, 0.2) is 4.99 Å². The molecule has 3 aliphatic rings. The van der Waals surface area contributed by atoms with Crippen molar-refractivity contribution >= 4 is 29.9 Å². The summed E-state index contributed by atoms with van der Waals surface area (Å²) in [6, 6.07) is 0. The van der Waals surface area contributed by atoms with E-state index in [0.29, 0.717) is 6.54 Å². The molecule has 7 heteroatoms. The van der Waals surface area contributed by atoms with Gasteiger partial charge in [0.05, 0.1) is 18.8 Å². The molecule has 0 aromatic rings. The quantitative estimate of drug-likeness (QED) is 0.327. The van der Waals surface area contributed by atoms with Gasteiger partial charge < -0.3 is 20.5 Å². The van der Waals surface area contributed by atoms with E-state index in [-0.39, 0.29) is 29.5 Å². The van der Waals surface area contributed by atoms with E-state index in [1.165, 1.54) is 32.1 Å². The van der Waals surface area contributed by atoms with Crippen LogP contribution < -0.4 is 10.6 Å². The van der Waals surface area contributed by atoms with Gasteiger partial charge in [-0.05, 0) is 32.1 Å². The van der Waals surface area contributed by atoms with Gasteiger partial charge in [0, 0.05) is 38.8 Å². The Morgan fingerprint density at radius 3 is 2.20 bits per heavy atom. The summed E-state index contributed by atoms with van der Waals surface area (Å²) in [5.74, 6) is 0.813. The van der Waals surface area contributed by atoms with Crippen LogP contribution >= 0.6 is 24.0 Å². The normalized spacial score (nSPS) is 26.2. The van der Waals surface area contributed by atoms with Crippen molar-refractivity contribution in [3.05, 3.63) is 0 Å². The SMILES string of the molecule is CN=C(NCC1(O)CCC1)NCC1(N2CCOCC2)CCCCC1.I. The Morgan fingerprint density at radius 2 is 1.64 bits per heavy atom. The van der Waals surface area contributed by atoms with Crippen molar-refractivity contribution in [2.45, 2.75) is 62.5 Å². The van der Waals surface area contributed by atoms with Crippen LogP contribution in [0.2, 0.25) is 0 Å². The first kappa shape index (κ1) is 21.2. The number of nitrogens with one attached hydrogen (secondary N) is 2. The lowest BCUT2D eigenvalue weighted by molar-refractivity contribution is -0.0357. The average Bonchev–Trinajstić information content (AvgIpc) is 2.62. The molecule has 146 valence electrons. The van der Waals surface area contributed by atoms with E-state index >= 15 is 0 Å². The topological polar surface area (TPSA) is 69.1 Å². The predicted molar refractivity (Wildman–Crippen MR) is 112 cm³/mol. The molecule has 0 unspecified atom stereocenters. The number of ether oxygens (including phenoxy) is 1. The Hall–Kier alpha value is -0.120. The van der Waals surface area contributed by atoms with Crippen molar-refractivity contribution in [3.63, 3.8) is 0 Å². The highest BCUT2D eigenvalue weighted by Gasteiger charge is 2.39. The molecule has 0 aromatic carbocycles. The minimum Gasteiger partial charge on any atom is -0.388 e. The molecule has 2 saturated carbocycles. The van der Waals surface area contributed by atoms with Gasteiger partial charge in [-0.3, -0.25) is 9.89 Å². The third-order valence-electron chi connectivity index (χ3n) is 6.14. The lowest BCUT2D eigenvalue weighted by Crippen LogP contribution is -2.61. The minimum absolute atomic E-state index is 0. The number of aliphatic imine (C=N–C) groups is 1. The number of nitrogens with zero attached hydrogens (tertiary/aromatic N) is 2. The molecule has 25 heavy (non-hydrogen) atoms. The maximum atomic E-state index is 10.3. The van der Waals surface area contributed by atoms with E-state index in [1.54, 1.807) is 0 Å². The Labute approximate surface area is 169 Å². The number of morpholine rings is 1. The van der Waals surface area contributed by atoms with Crippen molar-refractivity contribution in [1.29, 1.82) is 0 Å². The molecule has 0 amide bonds. The first-order valence-corrected chi connectivity index (χ1v) is 9.66. The second kappa shape index (κ2) is 9.71. The van der Waals surface area contributed by atoms with Crippen LogP contribution in [0.3, 0.4) is 0 Å². The molecule has 0 bridgehead atoms. The molecule has 6 nitrogen and oxygen atoms in total. The van der Waals surface area contributed by atoms with Gasteiger partial charge in [-0.2, -0.15) is 0 Å². The summed E-state index contributed by atoms with van der Waals surface area (Å²) in [7, 11) is 1.81. The highest BCUT2D eigenvalue weighted by Crippen LogP contribution is 2.34. The number of halogens is 1. The molecule has 0 aromatic heterocycles. The van der Waals surface area contributed by atoms with Gasteiger partial charge in [0.25, 0.3) is 0 Å². The zero-order valence-electron chi connectivity index (χ0n) is 15.6. The van der Waals surface area contributed by atoms with E-state index in [2.05, 4.69) is 20.5 Å². The number of hydrogen-bond donors (Lipinski definition) is 3. The molecule has 0 atom stereocenters. The fourth-order valence-electron chi connectivity index (χ4n) is 4.33. The van der Waals surface area contributed by atoms with Crippen molar-refractivity contribution < 1.29 is 9.84 Å². The van der Waals surface area contributed by atoms with Gasteiger partial charge >= 0.3 is 0 Å². The summed E-state index contributed by atoms with van der Waals surface area (Å²) >= 11 is 0. The zero-order valence-corrected chi connectivity index (χ0v) is 17.9. The van der Waals surface area contributed by atoms with Crippen molar-refractivity contribution in [2.24, 2.45) is 4.99 Å². The predicted octanol–water partition coefficient (Wildman–Crippen LogP) is 1.72. The molecule has 3 fully saturated rings. The first-order valence-electron chi connectivity index (χ1n) is 9.66. The monoisotopic (exact) mass is 466 g/mol. The van der Waals surface area contributed by atoms with E-state index in [9.17, 15) is 5.11 Å². The fourth-order valence-corrected chi connectivity index (χ4v) is 4.33. The second-order valence-corrected chi connectivity index (χ2v) is 7.74. The molecule has 1 heterocycles. The van der Waals surface area contributed by atoms with Crippen LogP contribution in [0.1, 0.15) is 51.4 Å². The Bertz CT molecular complexity index is 431. The summed E-state index contributed by atoms with van der Waals surface area (Å²) in [4.78, 5) is 6.98. The Balaban J connectivity index is 0.00000225. The number of guanidine groups is 1. The molecule has 0 spiro atoms. The van der Waals surface area contributed by atoms with Gasteiger partial charge in [0.2, 0.25) is 0 Å². The van der Waals surface area contributed by atoms with Crippen molar-refractivity contribution in [3.8, 4) is 0 Å².